The first kappa shape index (κ1) is 18.8. The molecule has 0 unspecified atom stereocenters. The summed E-state index contributed by atoms with van der Waals surface area (Å²) in [5.41, 5.74) is 1.01. The van der Waals surface area contributed by atoms with Gasteiger partial charge >= 0.3 is 5.97 Å². The van der Waals surface area contributed by atoms with E-state index in [1.54, 1.807) is 19.1 Å². The van der Waals surface area contributed by atoms with Gasteiger partial charge in [0.05, 0.1) is 25.5 Å². The van der Waals surface area contributed by atoms with Gasteiger partial charge in [-0.15, -0.1) is 0 Å². The van der Waals surface area contributed by atoms with Crippen LogP contribution in [0.4, 0.5) is 4.39 Å². The first-order chi connectivity index (χ1) is 12.8. The lowest BCUT2D eigenvalue weighted by Gasteiger charge is -2.11. The SMILES string of the molecule is COC(=O)Cc1c(C)n(S(=O)(=O)c2ccc(F)c(OC)c2)c2ncccc12. The fraction of sp³-hybridized carbons (Fsp3) is 0.222. The van der Waals surface area contributed by atoms with Crippen molar-refractivity contribution >= 4 is 27.0 Å². The molecular formula is C18H17FN2O5S. The molecule has 9 heteroatoms. The van der Waals surface area contributed by atoms with Gasteiger partial charge < -0.3 is 9.47 Å². The molecule has 0 atom stereocenters. The van der Waals surface area contributed by atoms with Crippen molar-refractivity contribution in [3.63, 3.8) is 0 Å². The van der Waals surface area contributed by atoms with Crippen LogP contribution in [-0.4, -0.2) is 37.6 Å². The second-order valence-electron chi connectivity index (χ2n) is 5.76. The molecule has 0 saturated carbocycles. The summed E-state index contributed by atoms with van der Waals surface area (Å²) in [4.78, 5) is 15.8. The Kier molecular flexibility index (Phi) is 4.88. The molecule has 142 valence electrons. The first-order valence-electron chi connectivity index (χ1n) is 7.92. The lowest BCUT2D eigenvalue weighted by atomic mass is 10.1. The summed E-state index contributed by atoms with van der Waals surface area (Å²) in [5, 5.41) is 0.526. The zero-order valence-corrected chi connectivity index (χ0v) is 15.7. The molecule has 0 aliphatic heterocycles. The number of ether oxygens (including phenoxy) is 2. The number of carbonyl (C=O) groups excluding carboxylic acids is 1. The molecule has 2 aromatic heterocycles. The third kappa shape index (κ3) is 3.14. The Bertz CT molecular complexity index is 1140. The number of hydrogen-bond acceptors (Lipinski definition) is 6. The number of nitrogens with zero attached hydrogens (tertiary/aromatic N) is 2. The van der Waals surface area contributed by atoms with Gasteiger partial charge in [0.15, 0.2) is 17.2 Å². The number of rotatable bonds is 5. The summed E-state index contributed by atoms with van der Waals surface area (Å²) >= 11 is 0. The minimum atomic E-state index is -4.11. The van der Waals surface area contributed by atoms with E-state index in [1.165, 1.54) is 20.4 Å². The summed E-state index contributed by atoms with van der Waals surface area (Å²) in [6, 6.07) is 6.63. The second kappa shape index (κ2) is 6.99. The smallest absolute Gasteiger partial charge is 0.310 e. The van der Waals surface area contributed by atoms with E-state index in [0.29, 0.717) is 16.6 Å². The Morgan fingerprint density at radius 2 is 2.00 bits per heavy atom. The zero-order chi connectivity index (χ0) is 19.8. The van der Waals surface area contributed by atoms with Gasteiger partial charge in [-0.25, -0.2) is 21.8 Å². The monoisotopic (exact) mass is 392 g/mol. The Hall–Kier alpha value is -2.94. The van der Waals surface area contributed by atoms with Gasteiger partial charge in [0.2, 0.25) is 0 Å². The highest BCUT2D eigenvalue weighted by Crippen LogP contribution is 2.30. The van der Waals surface area contributed by atoms with Gasteiger partial charge in [0, 0.05) is 23.3 Å². The number of aromatic nitrogens is 2. The Morgan fingerprint density at radius 3 is 2.67 bits per heavy atom. The van der Waals surface area contributed by atoms with Crippen molar-refractivity contribution < 1.29 is 27.1 Å². The van der Waals surface area contributed by atoms with E-state index >= 15 is 0 Å². The van der Waals surface area contributed by atoms with E-state index < -0.39 is 21.8 Å². The molecule has 3 rings (SSSR count). The van der Waals surface area contributed by atoms with Crippen LogP contribution in [0.1, 0.15) is 11.3 Å². The molecule has 27 heavy (non-hydrogen) atoms. The number of pyridine rings is 1. The summed E-state index contributed by atoms with van der Waals surface area (Å²) < 4.78 is 50.8. The molecule has 7 nitrogen and oxygen atoms in total. The van der Waals surface area contributed by atoms with Crippen LogP contribution in [-0.2, 0) is 26.0 Å². The Balaban J connectivity index is 2.27. The number of fused-ring (bicyclic) bond motifs is 1. The van der Waals surface area contributed by atoms with E-state index in [9.17, 15) is 17.6 Å². The van der Waals surface area contributed by atoms with E-state index in [4.69, 9.17) is 9.47 Å². The quantitative estimate of drug-likeness (QED) is 0.620. The zero-order valence-electron chi connectivity index (χ0n) is 14.9. The van der Waals surface area contributed by atoms with E-state index in [2.05, 4.69) is 4.98 Å². The van der Waals surface area contributed by atoms with Crippen molar-refractivity contribution in [3.8, 4) is 5.75 Å². The maximum absolute atomic E-state index is 13.7. The fourth-order valence-corrected chi connectivity index (χ4v) is 4.46. The van der Waals surface area contributed by atoms with E-state index in [-0.39, 0.29) is 22.7 Å². The van der Waals surface area contributed by atoms with Crippen LogP contribution in [0.5, 0.6) is 5.75 Å². The van der Waals surface area contributed by atoms with E-state index in [1.807, 2.05) is 0 Å². The van der Waals surface area contributed by atoms with Gasteiger partial charge in [-0.05, 0) is 36.8 Å². The van der Waals surface area contributed by atoms with Crippen molar-refractivity contribution in [3.05, 3.63) is 53.6 Å². The molecule has 0 spiro atoms. The number of methoxy groups -OCH3 is 2. The third-order valence-corrected chi connectivity index (χ3v) is 6.03. The summed E-state index contributed by atoms with van der Waals surface area (Å²) in [7, 11) is -1.60. The number of benzene rings is 1. The van der Waals surface area contributed by atoms with Crippen LogP contribution in [0.3, 0.4) is 0 Å². The van der Waals surface area contributed by atoms with Crippen LogP contribution >= 0.6 is 0 Å². The standard InChI is InChI=1S/C18H17FN2O5S/c1-11-14(10-17(22)26-3)13-5-4-8-20-18(13)21(11)27(23,24)12-6-7-15(19)16(9-12)25-2/h4-9H,10H2,1-3H3. The molecular weight excluding hydrogens is 375 g/mol. The van der Waals surface area contributed by atoms with Gasteiger partial charge in [-0.2, -0.15) is 0 Å². The molecule has 1 aromatic carbocycles. The molecule has 3 aromatic rings. The minimum absolute atomic E-state index is 0.0974. The highest BCUT2D eigenvalue weighted by Gasteiger charge is 2.27. The molecule has 0 radical (unpaired) electrons. The van der Waals surface area contributed by atoms with Crippen molar-refractivity contribution in [1.82, 2.24) is 8.96 Å². The fourth-order valence-electron chi connectivity index (χ4n) is 2.91. The van der Waals surface area contributed by atoms with Gasteiger partial charge in [-0.3, -0.25) is 4.79 Å². The highest BCUT2D eigenvalue weighted by molar-refractivity contribution is 7.90. The topological polar surface area (TPSA) is 87.5 Å². The molecule has 0 fully saturated rings. The van der Waals surface area contributed by atoms with Gasteiger partial charge in [-0.1, -0.05) is 0 Å². The Labute approximate surface area is 155 Å². The first-order valence-corrected chi connectivity index (χ1v) is 9.36. The maximum Gasteiger partial charge on any atom is 0.310 e. The van der Waals surface area contributed by atoms with Crippen molar-refractivity contribution in [2.45, 2.75) is 18.2 Å². The molecule has 2 heterocycles. The Morgan fingerprint density at radius 1 is 1.26 bits per heavy atom. The lowest BCUT2D eigenvalue weighted by Crippen LogP contribution is -2.16. The predicted molar refractivity (Wildman–Crippen MR) is 95.7 cm³/mol. The molecule has 0 aliphatic carbocycles. The molecule has 0 aliphatic rings. The number of hydrogen-bond donors (Lipinski definition) is 0. The lowest BCUT2D eigenvalue weighted by molar-refractivity contribution is -0.139. The van der Waals surface area contributed by atoms with Crippen molar-refractivity contribution in [2.75, 3.05) is 14.2 Å². The normalized spacial score (nSPS) is 11.6. The number of carbonyl (C=O) groups is 1. The summed E-state index contributed by atoms with van der Waals surface area (Å²) in [6.07, 6.45) is 1.36. The van der Waals surface area contributed by atoms with Crippen LogP contribution in [0.2, 0.25) is 0 Å². The average Bonchev–Trinajstić information content (AvgIpc) is 2.94. The second-order valence-corrected chi connectivity index (χ2v) is 7.54. The highest BCUT2D eigenvalue weighted by atomic mass is 32.2. The summed E-state index contributed by atoms with van der Waals surface area (Å²) in [6.45, 7) is 1.58. The van der Waals surface area contributed by atoms with Crippen LogP contribution in [0, 0.1) is 12.7 Å². The third-order valence-electron chi connectivity index (χ3n) is 4.26. The van der Waals surface area contributed by atoms with Gasteiger partial charge in [0.25, 0.3) is 10.0 Å². The maximum atomic E-state index is 13.7. The minimum Gasteiger partial charge on any atom is -0.494 e. The molecule has 0 amide bonds. The van der Waals surface area contributed by atoms with Gasteiger partial charge in [0.1, 0.15) is 0 Å². The number of halogens is 1. The van der Waals surface area contributed by atoms with Crippen LogP contribution < -0.4 is 4.74 Å². The number of esters is 1. The van der Waals surface area contributed by atoms with Crippen molar-refractivity contribution in [1.29, 1.82) is 0 Å². The summed E-state index contributed by atoms with van der Waals surface area (Å²) in [5.74, 6) is -1.36. The predicted octanol–water partition coefficient (Wildman–Crippen LogP) is 2.44. The molecule has 0 bridgehead atoms. The largest absolute Gasteiger partial charge is 0.494 e. The van der Waals surface area contributed by atoms with E-state index in [0.717, 1.165) is 22.2 Å². The molecule has 0 saturated heterocycles. The van der Waals surface area contributed by atoms with Crippen LogP contribution in [0.15, 0.2) is 41.4 Å². The van der Waals surface area contributed by atoms with Crippen LogP contribution in [0.25, 0.3) is 11.0 Å². The molecule has 0 N–H and O–H groups in total. The average molecular weight is 392 g/mol. The van der Waals surface area contributed by atoms with Crippen molar-refractivity contribution in [2.24, 2.45) is 0 Å².